The molecule has 1 aliphatic carbocycles. The number of ether oxygens (including phenoxy) is 1. The highest BCUT2D eigenvalue weighted by Crippen LogP contribution is 2.35. The molecule has 4 nitrogen and oxygen atoms in total. The standard InChI is InChI=1S/C13H25NO3/c1-14(9-6-10-17-2)13(11-12(15)16)7-4-3-5-8-13/h3-11H2,1-2H3,(H,15,16). The summed E-state index contributed by atoms with van der Waals surface area (Å²) in [5, 5.41) is 9.10. The van der Waals surface area contributed by atoms with Crippen LogP contribution in [0.1, 0.15) is 44.9 Å². The van der Waals surface area contributed by atoms with Gasteiger partial charge in [0.05, 0.1) is 6.42 Å². The fraction of sp³-hybridized carbons (Fsp3) is 0.923. The van der Waals surface area contributed by atoms with Gasteiger partial charge in [-0.1, -0.05) is 19.3 Å². The Balaban J connectivity index is 2.57. The molecule has 1 aliphatic rings. The van der Waals surface area contributed by atoms with E-state index in [0.717, 1.165) is 45.3 Å². The van der Waals surface area contributed by atoms with E-state index in [-0.39, 0.29) is 12.0 Å². The van der Waals surface area contributed by atoms with Gasteiger partial charge in [0.25, 0.3) is 0 Å². The van der Waals surface area contributed by atoms with E-state index < -0.39 is 5.97 Å². The van der Waals surface area contributed by atoms with Gasteiger partial charge in [-0.05, 0) is 26.3 Å². The van der Waals surface area contributed by atoms with Gasteiger partial charge in [0.2, 0.25) is 0 Å². The van der Waals surface area contributed by atoms with Gasteiger partial charge in [-0.3, -0.25) is 4.79 Å². The summed E-state index contributed by atoms with van der Waals surface area (Å²) in [7, 11) is 3.76. The summed E-state index contributed by atoms with van der Waals surface area (Å²) < 4.78 is 5.05. The summed E-state index contributed by atoms with van der Waals surface area (Å²) in [6.07, 6.45) is 6.83. The Morgan fingerprint density at radius 2 is 2.00 bits per heavy atom. The topological polar surface area (TPSA) is 49.8 Å². The molecule has 1 saturated carbocycles. The average Bonchev–Trinajstić information content (AvgIpc) is 2.29. The molecule has 0 amide bonds. The Kier molecular flexibility index (Phi) is 5.92. The van der Waals surface area contributed by atoms with Crippen LogP contribution in [-0.4, -0.2) is 48.8 Å². The molecule has 0 aromatic heterocycles. The molecular formula is C13H25NO3. The lowest BCUT2D eigenvalue weighted by atomic mass is 9.78. The van der Waals surface area contributed by atoms with Crippen molar-refractivity contribution >= 4 is 5.97 Å². The quantitative estimate of drug-likeness (QED) is 0.696. The van der Waals surface area contributed by atoms with Crippen LogP contribution in [0, 0.1) is 0 Å². The van der Waals surface area contributed by atoms with Crippen molar-refractivity contribution in [3.8, 4) is 0 Å². The number of nitrogens with zero attached hydrogens (tertiary/aromatic N) is 1. The van der Waals surface area contributed by atoms with E-state index in [1.165, 1.54) is 6.42 Å². The first kappa shape index (κ1) is 14.5. The van der Waals surface area contributed by atoms with Crippen molar-refractivity contribution < 1.29 is 14.6 Å². The normalized spacial score (nSPS) is 19.5. The Bertz CT molecular complexity index is 237. The maximum atomic E-state index is 11.1. The molecular weight excluding hydrogens is 218 g/mol. The van der Waals surface area contributed by atoms with Crippen LogP contribution in [0.3, 0.4) is 0 Å². The molecule has 0 saturated heterocycles. The summed E-state index contributed by atoms with van der Waals surface area (Å²) >= 11 is 0. The molecule has 17 heavy (non-hydrogen) atoms. The number of rotatable bonds is 7. The minimum Gasteiger partial charge on any atom is -0.481 e. The highest BCUT2D eigenvalue weighted by atomic mass is 16.5. The second-order valence-electron chi connectivity index (χ2n) is 5.12. The zero-order valence-corrected chi connectivity index (χ0v) is 11.1. The van der Waals surface area contributed by atoms with E-state index in [4.69, 9.17) is 9.84 Å². The van der Waals surface area contributed by atoms with Crippen molar-refractivity contribution in [2.75, 3.05) is 27.3 Å². The third-order valence-corrected chi connectivity index (χ3v) is 3.92. The van der Waals surface area contributed by atoms with E-state index in [0.29, 0.717) is 0 Å². The Morgan fingerprint density at radius 1 is 1.35 bits per heavy atom. The molecule has 0 atom stereocenters. The smallest absolute Gasteiger partial charge is 0.305 e. The first-order valence-corrected chi connectivity index (χ1v) is 6.53. The van der Waals surface area contributed by atoms with Gasteiger partial charge >= 0.3 is 5.97 Å². The molecule has 0 bridgehead atoms. The Labute approximate surface area is 104 Å². The molecule has 0 aromatic rings. The van der Waals surface area contributed by atoms with Crippen LogP contribution >= 0.6 is 0 Å². The molecule has 0 unspecified atom stereocenters. The number of carbonyl (C=O) groups is 1. The first-order valence-electron chi connectivity index (χ1n) is 6.53. The van der Waals surface area contributed by atoms with Crippen LogP contribution in [0.15, 0.2) is 0 Å². The summed E-state index contributed by atoms with van der Waals surface area (Å²) in [5.41, 5.74) is -0.113. The lowest BCUT2D eigenvalue weighted by Crippen LogP contribution is -2.49. The third-order valence-electron chi connectivity index (χ3n) is 3.92. The largest absolute Gasteiger partial charge is 0.481 e. The molecule has 100 valence electrons. The molecule has 1 N–H and O–H groups in total. The van der Waals surface area contributed by atoms with E-state index in [1.54, 1.807) is 7.11 Å². The van der Waals surface area contributed by atoms with Gasteiger partial charge in [0, 0.05) is 25.8 Å². The predicted octanol–water partition coefficient (Wildman–Crippen LogP) is 2.13. The average molecular weight is 243 g/mol. The van der Waals surface area contributed by atoms with Gasteiger partial charge in [-0.15, -0.1) is 0 Å². The molecule has 1 fully saturated rings. The lowest BCUT2D eigenvalue weighted by molar-refractivity contribution is -0.141. The van der Waals surface area contributed by atoms with Crippen LogP contribution in [0.2, 0.25) is 0 Å². The zero-order chi connectivity index (χ0) is 12.7. The Morgan fingerprint density at radius 3 is 2.53 bits per heavy atom. The molecule has 0 aromatic carbocycles. The Hall–Kier alpha value is -0.610. The minimum atomic E-state index is -0.675. The zero-order valence-electron chi connectivity index (χ0n) is 11.1. The van der Waals surface area contributed by atoms with Crippen LogP contribution < -0.4 is 0 Å². The third kappa shape index (κ3) is 4.28. The van der Waals surface area contributed by atoms with Crippen LogP contribution in [0.5, 0.6) is 0 Å². The van der Waals surface area contributed by atoms with Crippen molar-refractivity contribution in [1.82, 2.24) is 4.90 Å². The van der Waals surface area contributed by atoms with Crippen molar-refractivity contribution in [3.63, 3.8) is 0 Å². The van der Waals surface area contributed by atoms with E-state index in [1.807, 2.05) is 0 Å². The van der Waals surface area contributed by atoms with E-state index >= 15 is 0 Å². The minimum absolute atomic E-state index is 0.113. The van der Waals surface area contributed by atoms with Gasteiger partial charge in [0.1, 0.15) is 0 Å². The van der Waals surface area contributed by atoms with Crippen molar-refractivity contribution in [2.45, 2.75) is 50.5 Å². The van der Waals surface area contributed by atoms with Crippen LogP contribution in [-0.2, 0) is 9.53 Å². The lowest BCUT2D eigenvalue weighted by Gasteiger charge is -2.44. The van der Waals surface area contributed by atoms with Crippen molar-refractivity contribution in [3.05, 3.63) is 0 Å². The van der Waals surface area contributed by atoms with Crippen LogP contribution in [0.25, 0.3) is 0 Å². The maximum absolute atomic E-state index is 11.1. The monoisotopic (exact) mass is 243 g/mol. The summed E-state index contributed by atoms with van der Waals surface area (Å²) in [6.45, 7) is 1.66. The van der Waals surface area contributed by atoms with E-state index in [9.17, 15) is 4.79 Å². The summed E-state index contributed by atoms with van der Waals surface area (Å²) in [4.78, 5) is 13.3. The first-order chi connectivity index (χ1) is 8.10. The maximum Gasteiger partial charge on any atom is 0.305 e. The fourth-order valence-corrected chi connectivity index (χ4v) is 2.87. The fourth-order valence-electron chi connectivity index (χ4n) is 2.87. The number of hydrogen-bond acceptors (Lipinski definition) is 3. The molecule has 4 heteroatoms. The highest BCUT2D eigenvalue weighted by Gasteiger charge is 2.37. The molecule has 0 spiro atoms. The van der Waals surface area contributed by atoms with Crippen molar-refractivity contribution in [2.24, 2.45) is 0 Å². The number of carboxylic acids is 1. The summed E-state index contributed by atoms with van der Waals surface area (Å²) in [6, 6.07) is 0. The highest BCUT2D eigenvalue weighted by molar-refractivity contribution is 5.68. The SMILES string of the molecule is COCCCN(C)C1(CC(=O)O)CCCCC1. The number of methoxy groups -OCH3 is 1. The molecule has 0 aliphatic heterocycles. The predicted molar refractivity (Wildman–Crippen MR) is 67.2 cm³/mol. The second kappa shape index (κ2) is 6.97. The molecule has 0 radical (unpaired) electrons. The van der Waals surface area contributed by atoms with Crippen LogP contribution in [0.4, 0.5) is 0 Å². The molecule has 0 heterocycles. The summed E-state index contributed by atoms with van der Waals surface area (Å²) in [5.74, 6) is -0.675. The van der Waals surface area contributed by atoms with E-state index in [2.05, 4.69) is 11.9 Å². The van der Waals surface area contributed by atoms with Gasteiger partial charge in [-0.2, -0.15) is 0 Å². The number of hydrogen-bond donors (Lipinski definition) is 1. The number of aliphatic carboxylic acids is 1. The number of carboxylic acid groups (broad SMARTS) is 1. The molecule has 1 rings (SSSR count). The van der Waals surface area contributed by atoms with Gasteiger partial charge in [-0.25, -0.2) is 0 Å². The van der Waals surface area contributed by atoms with Crippen molar-refractivity contribution in [1.29, 1.82) is 0 Å². The van der Waals surface area contributed by atoms with Gasteiger partial charge in [0.15, 0.2) is 0 Å². The second-order valence-corrected chi connectivity index (χ2v) is 5.12. The van der Waals surface area contributed by atoms with Gasteiger partial charge < -0.3 is 14.7 Å².